The van der Waals surface area contributed by atoms with Crippen LogP contribution in [0.4, 0.5) is 17.3 Å². The molecule has 0 aliphatic rings. The number of hydrogen-bond acceptors (Lipinski definition) is 5. The van der Waals surface area contributed by atoms with Gasteiger partial charge in [0.2, 0.25) is 0 Å². The van der Waals surface area contributed by atoms with Gasteiger partial charge in [-0.2, -0.15) is 0 Å². The molecular formula is C14H17BrClN5. The minimum Gasteiger partial charge on any atom is -0.339 e. The molecule has 5 nitrogen and oxygen atoms in total. The zero-order valence-electron chi connectivity index (χ0n) is 12.0. The number of halogens is 2. The molecule has 0 spiro atoms. The fourth-order valence-electron chi connectivity index (χ4n) is 1.78. The predicted molar refractivity (Wildman–Crippen MR) is 91.1 cm³/mol. The molecule has 4 N–H and O–H groups in total. The Kier molecular flexibility index (Phi) is 5.03. The number of aromatic nitrogens is 2. The number of nitrogens with one attached hydrogen (secondary N) is 2. The van der Waals surface area contributed by atoms with Crippen molar-refractivity contribution in [3.63, 3.8) is 0 Å². The Hall–Kier alpha value is -1.37. The molecular weight excluding hydrogens is 354 g/mol. The van der Waals surface area contributed by atoms with E-state index in [4.69, 9.17) is 17.4 Å². The van der Waals surface area contributed by atoms with Gasteiger partial charge < -0.3 is 10.7 Å². The minimum atomic E-state index is 0.195. The molecule has 0 aliphatic heterocycles. The summed E-state index contributed by atoms with van der Waals surface area (Å²) in [5.74, 6) is 7.75. The molecule has 0 atom stereocenters. The summed E-state index contributed by atoms with van der Waals surface area (Å²) >= 11 is 9.53. The molecule has 1 aromatic carbocycles. The maximum Gasteiger partial charge on any atom is 0.148 e. The van der Waals surface area contributed by atoms with E-state index in [0.29, 0.717) is 22.5 Å². The monoisotopic (exact) mass is 369 g/mol. The number of benzene rings is 1. The number of anilines is 3. The first-order valence-corrected chi connectivity index (χ1v) is 7.66. The molecule has 112 valence electrons. The molecule has 7 heteroatoms. The fourth-order valence-corrected chi connectivity index (χ4v) is 2.29. The van der Waals surface area contributed by atoms with E-state index in [9.17, 15) is 0 Å². The largest absolute Gasteiger partial charge is 0.339 e. The van der Waals surface area contributed by atoms with Crippen molar-refractivity contribution in [3.05, 3.63) is 39.1 Å². The van der Waals surface area contributed by atoms with Crippen LogP contribution in [-0.4, -0.2) is 9.97 Å². The van der Waals surface area contributed by atoms with E-state index in [1.807, 2.05) is 39.0 Å². The molecule has 0 bridgehead atoms. The van der Waals surface area contributed by atoms with E-state index in [2.05, 4.69) is 36.6 Å². The molecule has 0 unspecified atom stereocenters. The fraction of sp³-hybridized carbons (Fsp3) is 0.286. The van der Waals surface area contributed by atoms with E-state index >= 15 is 0 Å². The van der Waals surface area contributed by atoms with Gasteiger partial charge >= 0.3 is 0 Å². The Bertz CT molecular complexity index is 660. The quantitative estimate of drug-likeness (QED) is 0.551. The van der Waals surface area contributed by atoms with Crippen molar-refractivity contribution in [2.45, 2.75) is 26.7 Å². The molecule has 0 aliphatic carbocycles. The van der Waals surface area contributed by atoms with Crippen molar-refractivity contribution in [2.24, 2.45) is 5.84 Å². The van der Waals surface area contributed by atoms with Crippen molar-refractivity contribution in [1.82, 2.24) is 9.97 Å². The van der Waals surface area contributed by atoms with Crippen LogP contribution >= 0.6 is 27.5 Å². The van der Waals surface area contributed by atoms with Gasteiger partial charge in [0, 0.05) is 21.0 Å². The van der Waals surface area contributed by atoms with Crippen molar-refractivity contribution in [3.8, 4) is 0 Å². The highest BCUT2D eigenvalue weighted by Gasteiger charge is 2.13. The lowest BCUT2D eigenvalue weighted by molar-refractivity contribution is 0.774. The summed E-state index contributed by atoms with van der Waals surface area (Å²) in [4.78, 5) is 8.97. The maximum atomic E-state index is 6.04. The van der Waals surface area contributed by atoms with Crippen LogP contribution < -0.4 is 16.6 Å². The van der Waals surface area contributed by atoms with Crippen molar-refractivity contribution >= 4 is 44.9 Å². The zero-order chi connectivity index (χ0) is 15.6. The van der Waals surface area contributed by atoms with Gasteiger partial charge in [-0.1, -0.05) is 25.4 Å². The van der Waals surface area contributed by atoms with Gasteiger partial charge in [-0.15, -0.1) is 0 Å². The molecule has 1 heterocycles. The summed E-state index contributed by atoms with van der Waals surface area (Å²) in [6.07, 6.45) is 0. The number of nitrogen functional groups attached to an aromatic ring is 1. The van der Waals surface area contributed by atoms with Crippen LogP contribution in [0, 0.1) is 6.92 Å². The Morgan fingerprint density at radius 2 is 1.90 bits per heavy atom. The van der Waals surface area contributed by atoms with E-state index < -0.39 is 0 Å². The van der Waals surface area contributed by atoms with Crippen LogP contribution in [0.2, 0.25) is 5.02 Å². The first-order valence-electron chi connectivity index (χ1n) is 6.49. The molecule has 1 aromatic heterocycles. The third kappa shape index (κ3) is 3.64. The smallest absolute Gasteiger partial charge is 0.148 e. The van der Waals surface area contributed by atoms with Crippen molar-refractivity contribution in [2.75, 3.05) is 10.7 Å². The summed E-state index contributed by atoms with van der Waals surface area (Å²) in [5, 5.41) is 3.92. The first kappa shape index (κ1) is 16.0. The molecule has 2 aromatic rings. The van der Waals surface area contributed by atoms with Gasteiger partial charge in [0.05, 0.1) is 5.69 Å². The SMILES string of the molecule is Cc1c(NN)nc(C(C)C)nc1Nc1cc(Cl)ccc1Br. The standard InChI is InChI=1S/C14H17BrClN5/c1-7(2)12-19-13(8(3)14(20-12)21-17)18-11-6-9(16)4-5-10(11)15/h4-7H,17H2,1-3H3,(H2,18,19,20,21). The molecule has 0 radical (unpaired) electrons. The number of nitrogens with two attached hydrogens (primary N) is 1. The minimum absolute atomic E-state index is 0.195. The molecule has 0 fully saturated rings. The number of hydrogen-bond donors (Lipinski definition) is 3. The number of hydrazine groups is 1. The highest BCUT2D eigenvalue weighted by Crippen LogP contribution is 2.31. The summed E-state index contributed by atoms with van der Waals surface area (Å²) in [6.45, 7) is 5.97. The van der Waals surface area contributed by atoms with Crippen LogP contribution in [0.3, 0.4) is 0 Å². The van der Waals surface area contributed by atoms with Crippen LogP contribution in [0.5, 0.6) is 0 Å². The summed E-state index contributed by atoms with van der Waals surface area (Å²) in [7, 11) is 0. The number of rotatable bonds is 4. The van der Waals surface area contributed by atoms with Crippen molar-refractivity contribution in [1.29, 1.82) is 0 Å². The normalized spacial score (nSPS) is 10.8. The Labute approximate surface area is 137 Å². The molecule has 2 rings (SSSR count). The topological polar surface area (TPSA) is 75.9 Å². The zero-order valence-corrected chi connectivity index (χ0v) is 14.4. The average molecular weight is 371 g/mol. The van der Waals surface area contributed by atoms with Gasteiger partial charge in [-0.05, 0) is 41.1 Å². The van der Waals surface area contributed by atoms with E-state index in [1.165, 1.54) is 0 Å². The van der Waals surface area contributed by atoms with Gasteiger partial charge in [0.1, 0.15) is 17.5 Å². The van der Waals surface area contributed by atoms with Gasteiger partial charge in [0.15, 0.2) is 0 Å². The number of nitrogens with zero attached hydrogens (tertiary/aromatic N) is 2. The van der Waals surface area contributed by atoms with Gasteiger partial charge in [-0.25, -0.2) is 15.8 Å². The van der Waals surface area contributed by atoms with Crippen LogP contribution in [-0.2, 0) is 0 Å². The lowest BCUT2D eigenvalue weighted by Gasteiger charge is -2.16. The van der Waals surface area contributed by atoms with E-state index in [-0.39, 0.29) is 5.92 Å². The lowest BCUT2D eigenvalue weighted by atomic mass is 10.2. The lowest BCUT2D eigenvalue weighted by Crippen LogP contribution is -2.14. The summed E-state index contributed by atoms with van der Waals surface area (Å²) in [5.41, 5.74) is 4.29. The molecule has 0 saturated carbocycles. The van der Waals surface area contributed by atoms with Crippen molar-refractivity contribution < 1.29 is 0 Å². The van der Waals surface area contributed by atoms with E-state index in [0.717, 1.165) is 15.7 Å². The third-order valence-electron chi connectivity index (χ3n) is 3.00. The van der Waals surface area contributed by atoms with Crippen LogP contribution in [0.1, 0.15) is 31.2 Å². The summed E-state index contributed by atoms with van der Waals surface area (Å²) < 4.78 is 0.901. The second kappa shape index (κ2) is 6.60. The second-order valence-corrected chi connectivity index (χ2v) is 6.24. The first-order chi connectivity index (χ1) is 9.92. The summed E-state index contributed by atoms with van der Waals surface area (Å²) in [6, 6.07) is 5.53. The second-order valence-electron chi connectivity index (χ2n) is 4.95. The van der Waals surface area contributed by atoms with Gasteiger partial charge in [0.25, 0.3) is 0 Å². The van der Waals surface area contributed by atoms with Gasteiger partial charge in [-0.3, -0.25) is 0 Å². The molecule has 21 heavy (non-hydrogen) atoms. The van der Waals surface area contributed by atoms with Crippen LogP contribution in [0.15, 0.2) is 22.7 Å². The highest BCUT2D eigenvalue weighted by atomic mass is 79.9. The molecule has 0 saturated heterocycles. The Morgan fingerprint density at radius 3 is 2.52 bits per heavy atom. The van der Waals surface area contributed by atoms with E-state index in [1.54, 1.807) is 0 Å². The highest BCUT2D eigenvalue weighted by molar-refractivity contribution is 9.10. The maximum absolute atomic E-state index is 6.04. The Morgan fingerprint density at radius 1 is 1.24 bits per heavy atom. The third-order valence-corrected chi connectivity index (χ3v) is 3.92. The van der Waals surface area contributed by atoms with Crippen LogP contribution in [0.25, 0.3) is 0 Å². The Balaban J connectivity index is 2.47. The predicted octanol–water partition coefficient (Wildman–Crippen LogP) is 4.35. The average Bonchev–Trinajstić information content (AvgIpc) is 2.44. The molecule has 0 amide bonds.